The van der Waals surface area contributed by atoms with Crippen LogP contribution in [-0.2, 0) is 21.3 Å². The van der Waals surface area contributed by atoms with Gasteiger partial charge in [0.15, 0.2) is 0 Å². The Hall–Kier alpha value is -1.15. The number of rotatable bonds is 6. The Morgan fingerprint density at radius 2 is 2.30 bits per heavy atom. The fourth-order valence-electron chi connectivity index (χ4n) is 2.17. The van der Waals surface area contributed by atoms with Crippen molar-refractivity contribution in [1.82, 2.24) is 4.72 Å². The summed E-state index contributed by atoms with van der Waals surface area (Å²) < 4.78 is 37.5. The zero-order chi connectivity index (χ0) is 14.6. The molecule has 6 nitrogen and oxygen atoms in total. The van der Waals surface area contributed by atoms with E-state index < -0.39 is 10.0 Å². The minimum atomic E-state index is -3.55. The van der Waals surface area contributed by atoms with Crippen molar-refractivity contribution >= 4 is 10.0 Å². The summed E-state index contributed by atoms with van der Waals surface area (Å²) in [6, 6.07) is 4.66. The van der Waals surface area contributed by atoms with Crippen LogP contribution in [0.1, 0.15) is 18.4 Å². The van der Waals surface area contributed by atoms with Gasteiger partial charge < -0.3 is 15.2 Å². The average Bonchev–Trinajstić information content (AvgIpc) is 2.97. The van der Waals surface area contributed by atoms with Crippen LogP contribution in [0.3, 0.4) is 0 Å². The van der Waals surface area contributed by atoms with Crippen molar-refractivity contribution < 1.29 is 17.9 Å². The van der Waals surface area contributed by atoms with E-state index in [2.05, 4.69) is 4.72 Å². The van der Waals surface area contributed by atoms with Crippen LogP contribution in [0, 0.1) is 0 Å². The van der Waals surface area contributed by atoms with Gasteiger partial charge in [0.2, 0.25) is 10.0 Å². The molecule has 1 atom stereocenters. The molecule has 1 saturated heterocycles. The molecular formula is C13H20N2O4S. The maximum atomic E-state index is 12.2. The van der Waals surface area contributed by atoms with E-state index in [1.807, 2.05) is 0 Å². The lowest BCUT2D eigenvalue weighted by atomic mass is 10.2. The third-order valence-corrected chi connectivity index (χ3v) is 4.73. The van der Waals surface area contributed by atoms with E-state index in [1.165, 1.54) is 19.2 Å². The second kappa shape index (κ2) is 6.53. The van der Waals surface area contributed by atoms with Crippen molar-refractivity contribution in [2.45, 2.75) is 30.4 Å². The summed E-state index contributed by atoms with van der Waals surface area (Å²) in [6.07, 6.45) is 1.84. The number of nitrogens with one attached hydrogen (secondary N) is 1. The van der Waals surface area contributed by atoms with Crippen LogP contribution >= 0.6 is 0 Å². The van der Waals surface area contributed by atoms with Gasteiger partial charge in [-0.05, 0) is 31.0 Å². The van der Waals surface area contributed by atoms with E-state index in [-0.39, 0.29) is 17.5 Å². The van der Waals surface area contributed by atoms with Crippen LogP contribution < -0.4 is 15.2 Å². The van der Waals surface area contributed by atoms with Crippen molar-refractivity contribution in [2.24, 2.45) is 5.73 Å². The predicted molar refractivity (Wildman–Crippen MR) is 75.0 cm³/mol. The molecule has 1 aromatic carbocycles. The molecule has 7 heteroatoms. The normalized spacial score (nSPS) is 19.2. The van der Waals surface area contributed by atoms with Crippen molar-refractivity contribution in [1.29, 1.82) is 0 Å². The number of ether oxygens (including phenoxy) is 2. The fourth-order valence-corrected chi connectivity index (χ4v) is 3.29. The molecule has 1 aliphatic heterocycles. The maximum Gasteiger partial charge on any atom is 0.240 e. The topological polar surface area (TPSA) is 90.7 Å². The molecule has 0 amide bonds. The molecule has 0 radical (unpaired) electrons. The Kier molecular flexibility index (Phi) is 4.98. The molecule has 0 bridgehead atoms. The third-order valence-electron chi connectivity index (χ3n) is 3.31. The van der Waals surface area contributed by atoms with Gasteiger partial charge in [-0.1, -0.05) is 0 Å². The van der Waals surface area contributed by atoms with Gasteiger partial charge in [0, 0.05) is 25.3 Å². The summed E-state index contributed by atoms with van der Waals surface area (Å²) in [4.78, 5) is 0.191. The summed E-state index contributed by atoms with van der Waals surface area (Å²) in [6.45, 7) is 1.22. The largest absolute Gasteiger partial charge is 0.496 e. The smallest absolute Gasteiger partial charge is 0.240 e. The molecule has 1 fully saturated rings. The van der Waals surface area contributed by atoms with Gasteiger partial charge in [-0.25, -0.2) is 13.1 Å². The first kappa shape index (κ1) is 15.2. The number of hydrogen-bond acceptors (Lipinski definition) is 5. The number of sulfonamides is 1. The lowest BCUT2D eigenvalue weighted by molar-refractivity contribution is 0.114. The number of hydrogen-bond donors (Lipinski definition) is 2. The van der Waals surface area contributed by atoms with Crippen LogP contribution in [0.15, 0.2) is 23.1 Å². The van der Waals surface area contributed by atoms with Gasteiger partial charge in [0.25, 0.3) is 0 Å². The standard InChI is InChI=1S/C13H20N2O4S/c1-18-13-5-4-12(7-10(13)8-14)20(16,17)15-9-11-3-2-6-19-11/h4-5,7,11,15H,2-3,6,8-9,14H2,1H3. The van der Waals surface area contributed by atoms with E-state index in [0.29, 0.717) is 24.5 Å². The number of methoxy groups -OCH3 is 1. The quantitative estimate of drug-likeness (QED) is 0.803. The molecule has 0 spiro atoms. The molecule has 112 valence electrons. The Balaban J connectivity index is 2.11. The number of nitrogens with two attached hydrogens (primary N) is 1. The molecular weight excluding hydrogens is 280 g/mol. The van der Waals surface area contributed by atoms with Crippen LogP contribution in [0.25, 0.3) is 0 Å². The first-order chi connectivity index (χ1) is 9.56. The van der Waals surface area contributed by atoms with Crippen LogP contribution in [0.2, 0.25) is 0 Å². The highest BCUT2D eigenvalue weighted by atomic mass is 32.2. The summed E-state index contributed by atoms with van der Waals surface area (Å²) in [5, 5.41) is 0. The molecule has 3 N–H and O–H groups in total. The lowest BCUT2D eigenvalue weighted by Crippen LogP contribution is -2.31. The van der Waals surface area contributed by atoms with E-state index in [0.717, 1.165) is 12.8 Å². The monoisotopic (exact) mass is 300 g/mol. The second-order valence-corrected chi connectivity index (χ2v) is 6.43. The molecule has 1 aliphatic rings. The Labute approximate surface area is 119 Å². The van der Waals surface area contributed by atoms with Crippen molar-refractivity contribution in [2.75, 3.05) is 20.3 Å². The molecule has 1 aromatic rings. The Morgan fingerprint density at radius 1 is 1.50 bits per heavy atom. The van der Waals surface area contributed by atoms with Crippen LogP contribution in [0.5, 0.6) is 5.75 Å². The Morgan fingerprint density at radius 3 is 2.90 bits per heavy atom. The summed E-state index contributed by atoms with van der Waals surface area (Å²) >= 11 is 0. The van der Waals surface area contributed by atoms with Crippen molar-refractivity contribution in [3.05, 3.63) is 23.8 Å². The highest BCUT2D eigenvalue weighted by Gasteiger charge is 2.21. The van der Waals surface area contributed by atoms with E-state index in [1.54, 1.807) is 6.07 Å². The van der Waals surface area contributed by atoms with Crippen molar-refractivity contribution in [3.63, 3.8) is 0 Å². The second-order valence-electron chi connectivity index (χ2n) is 4.66. The van der Waals surface area contributed by atoms with E-state index >= 15 is 0 Å². The van der Waals surface area contributed by atoms with Gasteiger partial charge in [-0.3, -0.25) is 0 Å². The molecule has 0 aliphatic carbocycles. The summed E-state index contributed by atoms with van der Waals surface area (Å²) in [7, 11) is -2.02. The zero-order valence-corrected chi connectivity index (χ0v) is 12.3. The average molecular weight is 300 g/mol. The summed E-state index contributed by atoms with van der Waals surface area (Å²) in [5.74, 6) is 0.588. The SMILES string of the molecule is COc1ccc(S(=O)(=O)NCC2CCCO2)cc1CN. The Bertz CT molecular complexity index is 553. The highest BCUT2D eigenvalue weighted by molar-refractivity contribution is 7.89. The van der Waals surface area contributed by atoms with Gasteiger partial charge >= 0.3 is 0 Å². The van der Waals surface area contributed by atoms with Gasteiger partial charge in [-0.2, -0.15) is 0 Å². The molecule has 20 heavy (non-hydrogen) atoms. The predicted octanol–water partition coefficient (Wildman–Crippen LogP) is 0.611. The summed E-state index contributed by atoms with van der Waals surface area (Å²) in [5.41, 5.74) is 6.26. The number of benzene rings is 1. The minimum Gasteiger partial charge on any atom is -0.496 e. The molecule has 0 saturated carbocycles. The first-order valence-electron chi connectivity index (χ1n) is 6.55. The third kappa shape index (κ3) is 3.49. The van der Waals surface area contributed by atoms with E-state index in [4.69, 9.17) is 15.2 Å². The van der Waals surface area contributed by atoms with Crippen LogP contribution in [-0.4, -0.2) is 34.8 Å². The van der Waals surface area contributed by atoms with E-state index in [9.17, 15) is 8.42 Å². The van der Waals surface area contributed by atoms with Gasteiger partial charge in [-0.15, -0.1) is 0 Å². The maximum absolute atomic E-state index is 12.2. The van der Waals surface area contributed by atoms with Crippen LogP contribution in [0.4, 0.5) is 0 Å². The van der Waals surface area contributed by atoms with Crippen molar-refractivity contribution in [3.8, 4) is 5.75 Å². The molecule has 2 rings (SSSR count). The first-order valence-corrected chi connectivity index (χ1v) is 8.03. The molecule has 1 heterocycles. The zero-order valence-electron chi connectivity index (χ0n) is 11.5. The fraction of sp³-hybridized carbons (Fsp3) is 0.538. The molecule has 0 aromatic heterocycles. The van der Waals surface area contributed by atoms with Gasteiger partial charge in [0.1, 0.15) is 5.75 Å². The minimum absolute atomic E-state index is 0.0306. The molecule has 1 unspecified atom stereocenters. The highest BCUT2D eigenvalue weighted by Crippen LogP contribution is 2.22. The lowest BCUT2D eigenvalue weighted by Gasteiger charge is -2.13. The van der Waals surface area contributed by atoms with Gasteiger partial charge in [0.05, 0.1) is 18.1 Å².